The van der Waals surface area contributed by atoms with Gasteiger partial charge in [-0.05, 0) is 36.4 Å². The molecule has 0 fully saturated rings. The highest BCUT2D eigenvalue weighted by molar-refractivity contribution is 7.89. The first-order valence-electron chi connectivity index (χ1n) is 7.07. The Labute approximate surface area is 157 Å². The lowest BCUT2D eigenvalue weighted by molar-refractivity contribution is 0.581. The van der Waals surface area contributed by atoms with Crippen LogP contribution in [0, 0.1) is 0 Å². The van der Waals surface area contributed by atoms with Crippen LogP contribution in [0.5, 0.6) is 0 Å². The summed E-state index contributed by atoms with van der Waals surface area (Å²) < 4.78 is 52.3. The van der Waals surface area contributed by atoms with Crippen LogP contribution >= 0.6 is 23.2 Å². The van der Waals surface area contributed by atoms with Gasteiger partial charge in [0.25, 0.3) is 0 Å². The summed E-state index contributed by atoms with van der Waals surface area (Å²) in [5.41, 5.74) is 1.27. The van der Waals surface area contributed by atoms with Crippen molar-refractivity contribution in [2.24, 2.45) is 0 Å². The summed E-state index contributed by atoms with van der Waals surface area (Å²) >= 11 is 11.7. The van der Waals surface area contributed by atoms with Crippen LogP contribution in [0.4, 0.5) is 0 Å². The molecule has 0 amide bonds. The minimum atomic E-state index is -3.83. The second-order valence-electron chi connectivity index (χ2n) is 5.18. The zero-order valence-electron chi connectivity index (χ0n) is 13.2. The SMILES string of the molecule is CNS(=O)(=O)Cc1ccc(CNS(=O)(=O)c2cc(Cl)ccc2Cl)cc1. The molecule has 0 heterocycles. The third-order valence-electron chi connectivity index (χ3n) is 3.34. The van der Waals surface area contributed by atoms with E-state index in [9.17, 15) is 16.8 Å². The topological polar surface area (TPSA) is 92.3 Å². The van der Waals surface area contributed by atoms with E-state index in [0.717, 1.165) is 0 Å². The first kappa shape index (κ1) is 20.2. The number of rotatable bonds is 7. The van der Waals surface area contributed by atoms with Crippen molar-refractivity contribution < 1.29 is 16.8 Å². The van der Waals surface area contributed by atoms with Gasteiger partial charge < -0.3 is 0 Å². The second kappa shape index (κ2) is 8.03. The summed E-state index contributed by atoms with van der Waals surface area (Å²) in [6.45, 7) is 0.0320. The Morgan fingerprint density at radius 2 is 1.52 bits per heavy atom. The monoisotopic (exact) mass is 422 g/mol. The molecule has 0 aromatic heterocycles. The van der Waals surface area contributed by atoms with Crippen molar-refractivity contribution in [2.45, 2.75) is 17.2 Å². The van der Waals surface area contributed by atoms with E-state index >= 15 is 0 Å². The molecular formula is C15H16Cl2N2O4S2. The molecular weight excluding hydrogens is 407 g/mol. The van der Waals surface area contributed by atoms with Crippen LogP contribution in [0.15, 0.2) is 47.4 Å². The highest BCUT2D eigenvalue weighted by Crippen LogP contribution is 2.25. The van der Waals surface area contributed by atoms with Crippen molar-refractivity contribution in [3.63, 3.8) is 0 Å². The predicted octanol–water partition coefficient (Wildman–Crippen LogP) is 2.52. The normalized spacial score (nSPS) is 12.3. The van der Waals surface area contributed by atoms with Gasteiger partial charge in [0, 0.05) is 11.6 Å². The fourth-order valence-electron chi connectivity index (χ4n) is 1.98. The van der Waals surface area contributed by atoms with Gasteiger partial charge in [0.2, 0.25) is 20.0 Å². The summed E-state index contributed by atoms with van der Waals surface area (Å²) in [4.78, 5) is -0.0987. The Kier molecular flexibility index (Phi) is 6.47. The Morgan fingerprint density at radius 1 is 0.920 bits per heavy atom. The molecule has 25 heavy (non-hydrogen) atoms. The van der Waals surface area contributed by atoms with Crippen LogP contribution in [0.3, 0.4) is 0 Å². The van der Waals surface area contributed by atoms with Gasteiger partial charge in [0.1, 0.15) is 4.90 Å². The average molecular weight is 423 g/mol. The summed E-state index contributed by atoms with van der Waals surface area (Å²) in [7, 11) is -5.83. The van der Waals surface area contributed by atoms with Gasteiger partial charge >= 0.3 is 0 Å². The summed E-state index contributed by atoms with van der Waals surface area (Å²) in [6.07, 6.45) is 0. The van der Waals surface area contributed by atoms with Gasteiger partial charge in [-0.1, -0.05) is 47.5 Å². The maximum Gasteiger partial charge on any atom is 0.242 e. The molecule has 0 aliphatic carbocycles. The van der Waals surface area contributed by atoms with E-state index in [0.29, 0.717) is 11.1 Å². The third kappa shape index (κ3) is 5.67. The van der Waals surface area contributed by atoms with E-state index in [2.05, 4.69) is 9.44 Å². The van der Waals surface area contributed by atoms with E-state index in [1.54, 1.807) is 24.3 Å². The molecule has 0 aliphatic rings. The number of halogens is 2. The lowest BCUT2D eigenvalue weighted by Crippen LogP contribution is -2.23. The largest absolute Gasteiger partial charge is 0.242 e. The average Bonchev–Trinajstić information content (AvgIpc) is 2.56. The molecule has 136 valence electrons. The van der Waals surface area contributed by atoms with E-state index < -0.39 is 20.0 Å². The van der Waals surface area contributed by atoms with Gasteiger partial charge in [-0.15, -0.1) is 0 Å². The summed E-state index contributed by atoms with van der Waals surface area (Å²) in [6, 6.07) is 10.8. The maximum absolute atomic E-state index is 12.3. The molecule has 2 aromatic carbocycles. The van der Waals surface area contributed by atoms with E-state index in [1.807, 2.05) is 0 Å². The van der Waals surface area contributed by atoms with Gasteiger partial charge in [0.05, 0.1) is 10.8 Å². The Balaban J connectivity index is 2.09. The van der Waals surface area contributed by atoms with E-state index in [-0.39, 0.29) is 27.2 Å². The second-order valence-corrected chi connectivity index (χ2v) is 9.68. The molecule has 0 saturated heterocycles. The Hall–Kier alpha value is -1.16. The van der Waals surface area contributed by atoms with Crippen molar-refractivity contribution in [3.05, 3.63) is 63.6 Å². The van der Waals surface area contributed by atoms with Crippen molar-refractivity contribution in [1.82, 2.24) is 9.44 Å². The first-order chi connectivity index (χ1) is 11.6. The molecule has 0 atom stereocenters. The van der Waals surface area contributed by atoms with Crippen molar-refractivity contribution in [2.75, 3.05) is 7.05 Å². The molecule has 2 aromatic rings. The third-order valence-corrected chi connectivity index (χ3v) is 6.79. The van der Waals surface area contributed by atoms with Gasteiger partial charge in [-0.2, -0.15) is 0 Å². The summed E-state index contributed by atoms with van der Waals surface area (Å²) in [5, 5.41) is 0.337. The van der Waals surface area contributed by atoms with Crippen LogP contribution in [0.2, 0.25) is 10.0 Å². The highest BCUT2D eigenvalue weighted by atomic mass is 35.5. The molecule has 10 heteroatoms. The van der Waals surface area contributed by atoms with Crippen LogP contribution in [-0.2, 0) is 32.3 Å². The van der Waals surface area contributed by atoms with Crippen molar-refractivity contribution in [3.8, 4) is 0 Å². The van der Waals surface area contributed by atoms with Crippen molar-refractivity contribution >= 4 is 43.2 Å². The predicted molar refractivity (Wildman–Crippen MR) is 98.6 cm³/mol. The number of hydrogen-bond acceptors (Lipinski definition) is 4. The summed E-state index contributed by atoms with van der Waals surface area (Å²) in [5.74, 6) is -0.145. The molecule has 6 nitrogen and oxygen atoms in total. The molecule has 2 N–H and O–H groups in total. The Bertz CT molecular complexity index is 960. The number of hydrogen-bond donors (Lipinski definition) is 2. The van der Waals surface area contributed by atoms with Crippen LogP contribution < -0.4 is 9.44 Å². The fourth-order valence-corrected chi connectivity index (χ4v) is 4.54. The molecule has 2 rings (SSSR count). The number of benzene rings is 2. The number of sulfonamides is 2. The van der Waals surface area contributed by atoms with Gasteiger partial charge in [-0.3, -0.25) is 0 Å². The van der Waals surface area contributed by atoms with Crippen molar-refractivity contribution in [1.29, 1.82) is 0 Å². The number of nitrogens with one attached hydrogen (secondary N) is 2. The quantitative estimate of drug-likeness (QED) is 0.716. The minimum Gasteiger partial charge on any atom is -0.218 e. The maximum atomic E-state index is 12.3. The minimum absolute atomic E-state index is 0.0320. The zero-order valence-corrected chi connectivity index (χ0v) is 16.3. The molecule has 0 saturated carbocycles. The Morgan fingerprint density at radius 3 is 2.12 bits per heavy atom. The van der Waals surface area contributed by atoms with Gasteiger partial charge in [-0.25, -0.2) is 26.3 Å². The van der Waals surface area contributed by atoms with Crippen LogP contribution in [0.25, 0.3) is 0 Å². The standard InChI is InChI=1S/C15H16Cl2N2O4S2/c1-18-24(20,21)10-12-4-2-11(3-5-12)9-19-25(22,23)15-8-13(16)6-7-14(15)17/h2-8,18-19H,9-10H2,1H3. The molecule has 0 spiro atoms. The lowest BCUT2D eigenvalue weighted by Gasteiger charge is -2.09. The fraction of sp³-hybridized carbons (Fsp3) is 0.200. The highest BCUT2D eigenvalue weighted by Gasteiger charge is 2.18. The molecule has 0 aliphatic heterocycles. The lowest BCUT2D eigenvalue weighted by atomic mass is 10.1. The van der Waals surface area contributed by atoms with Gasteiger partial charge in [0.15, 0.2) is 0 Å². The zero-order chi connectivity index (χ0) is 18.7. The molecule has 0 bridgehead atoms. The smallest absolute Gasteiger partial charge is 0.218 e. The van der Waals surface area contributed by atoms with E-state index in [4.69, 9.17) is 23.2 Å². The first-order valence-corrected chi connectivity index (χ1v) is 11.0. The van der Waals surface area contributed by atoms with E-state index in [1.165, 1.54) is 25.2 Å². The molecule has 0 unspecified atom stereocenters. The molecule has 0 radical (unpaired) electrons. The van der Waals surface area contributed by atoms with Crippen LogP contribution in [-0.4, -0.2) is 23.9 Å². The van der Waals surface area contributed by atoms with Crippen LogP contribution in [0.1, 0.15) is 11.1 Å².